The summed E-state index contributed by atoms with van der Waals surface area (Å²) in [6.07, 6.45) is 3.17. The van der Waals surface area contributed by atoms with Crippen LogP contribution in [0, 0.1) is 11.8 Å². The zero-order valence-corrected chi connectivity index (χ0v) is 12.6. The third-order valence-electron chi connectivity index (χ3n) is 4.08. The Morgan fingerprint density at radius 3 is 2.65 bits per heavy atom. The van der Waals surface area contributed by atoms with E-state index in [2.05, 4.69) is 19.2 Å². The van der Waals surface area contributed by atoms with Crippen LogP contribution in [0.1, 0.15) is 39.5 Å². The monoisotopic (exact) mass is 282 g/mol. The second-order valence-electron chi connectivity index (χ2n) is 6.34. The maximum atomic E-state index is 12.6. The lowest BCUT2D eigenvalue weighted by atomic mass is 9.98. The van der Waals surface area contributed by atoms with Gasteiger partial charge < -0.3 is 15.0 Å². The van der Waals surface area contributed by atoms with Crippen molar-refractivity contribution in [2.75, 3.05) is 26.3 Å². The zero-order chi connectivity index (χ0) is 14.5. The molecule has 114 valence electrons. The summed E-state index contributed by atoms with van der Waals surface area (Å²) in [6.45, 7) is 7.06. The average molecular weight is 282 g/mol. The minimum absolute atomic E-state index is 0.00141. The van der Waals surface area contributed by atoms with Crippen molar-refractivity contribution in [3.8, 4) is 0 Å². The molecule has 0 spiro atoms. The van der Waals surface area contributed by atoms with Crippen molar-refractivity contribution >= 4 is 11.8 Å². The van der Waals surface area contributed by atoms with Crippen molar-refractivity contribution in [3.05, 3.63) is 0 Å². The summed E-state index contributed by atoms with van der Waals surface area (Å²) in [5.41, 5.74) is 0. The summed E-state index contributed by atoms with van der Waals surface area (Å²) in [5, 5.41) is 2.87. The molecule has 2 saturated heterocycles. The SMILES string of the molecule is CC(C)CC1NC(=O)CCN(CC2CCOCC2)C1=O. The van der Waals surface area contributed by atoms with Crippen LogP contribution in [0.25, 0.3) is 0 Å². The van der Waals surface area contributed by atoms with Crippen LogP contribution in [0.3, 0.4) is 0 Å². The van der Waals surface area contributed by atoms with Gasteiger partial charge in [-0.3, -0.25) is 9.59 Å². The third-order valence-corrected chi connectivity index (χ3v) is 4.08. The smallest absolute Gasteiger partial charge is 0.245 e. The molecule has 0 aromatic rings. The van der Waals surface area contributed by atoms with Crippen molar-refractivity contribution in [3.63, 3.8) is 0 Å². The molecule has 20 heavy (non-hydrogen) atoms. The minimum atomic E-state index is -0.343. The van der Waals surface area contributed by atoms with E-state index in [1.165, 1.54) is 0 Å². The zero-order valence-electron chi connectivity index (χ0n) is 12.6. The number of hydrogen-bond acceptors (Lipinski definition) is 3. The van der Waals surface area contributed by atoms with E-state index in [0.717, 1.165) is 39.0 Å². The Bertz CT molecular complexity index is 351. The first kappa shape index (κ1) is 15.3. The molecule has 0 aromatic heterocycles. The second kappa shape index (κ2) is 7.07. The van der Waals surface area contributed by atoms with E-state index >= 15 is 0 Å². The lowest BCUT2D eigenvalue weighted by Gasteiger charge is -2.30. The highest BCUT2D eigenvalue weighted by atomic mass is 16.5. The fraction of sp³-hybridized carbons (Fsp3) is 0.867. The van der Waals surface area contributed by atoms with Gasteiger partial charge in [0.05, 0.1) is 0 Å². The van der Waals surface area contributed by atoms with E-state index in [4.69, 9.17) is 4.74 Å². The van der Waals surface area contributed by atoms with E-state index in [1.54, 1.807) is 0 Å². The molecule has 2 fully saturated rings. The maximum absolute atomic E-state index is 12.6. The predicted molar refractivity (Wildman–Crippen MR) is 76.1 cm³/mol. The molecule has 2 aliphatic rings. The van der Waals surface area contributed by atoms with E-state index in [0.29, 0.717) is 24.8 Å². The summed E-state index contributed by atoms with van der Waals surface area (Å²) in [6, 6.07) is -0.343. The molecular formula is C15H26N2O3. The van der Waals surface area contributed by atoms with Gasteiger partial charge in [0.25, 0.3) is 0 Å². The number of amides is 2. The standard InChI is InChI=1S/C15H26N2O3/c1-11(2)9-13-15(19)17(6-3-14(18)16-13)10-12-4-7-20-8-5-12/h11-13H,3-10H2,1-2H3,(H,16,18). The third kappa shape index (κ3) is 4.20. The van der Waals surface area contributed by atoms with E-state index in [-0.39, 0.29) is 17.9 Å². The summed E-state index contributed by atoms with van der Waals surface area (Å²) in [7, 11) is 0. The van der Waals surface area contributed by atoms with E-state index in [1.807, 2.05) is 4.90 Å². The second-order valence-corrected chi connectivity index (χ2v) is 6.34. The van der Waals surface area contributed by atoms with Crippen LogP contribution < -0.4 is 5.32 Å². The molecule has 1 N–H and O–H groups in total. The molecule has 0 aliphatic carbocycles. The highest BCUT2D eigenvalue weighted by Gasteiger charge is 2.31. The van der Waals surface area contributed by atoms with Gasteiger partial charge in [-0.25, -0.2) is 0 Å². The number of rotatable bonds is 4. The molecule has 2 rings (SSSR count). The Morgan fingerprint density at radius 2 is 2.00 bits per heavy atom. The number of hydrogen-bond donors (Lipinski definition) is 1. The molecule has 1 atom stereocenters. The molecule has 2 amide bonds. The molecule has 2 aliphatic heterocycles. The maximum Gasteiger partial charge on any atom is 0.245 e. The molecule has 1 unspecified atom stereocenters. The fourth-order valence-electron chi connectivity index (χ4n) is 2.95. The normalized spacial score (nSPS) is 25.8. The first-order valence-electron chi connectivity index (χ1n) is 7.72. The fourth-order valence-corrected chi connectivity index (χ4v) is 2.95. The molecule has 0 radical (unpaired) electrons. The molecular weight excluding hydrogens is 256 g/mol. The molecule has 2 heterocycles. The van der Waals surface area contributed by atoms with Crippen LogP contribution >= 0.6 is 0 Å². The van der Waals surface area contributed by atoms with Gasteiger partial charge in [0.1, 0.15) is 6.04 Å². The lowest BCUT2D eigenvalue weighted by molar-refractivity contribution is -0.134. The molecule has 0 bridgehead atoms. The molecule has 5 heteroatoms. The van der Waals surface area contributed by atoms with Crippen molar-refractivity contribution in [1.82, 2.24) is 10.2 Å². The Kier molecular flexibility index (Phi) is 5.40. The molecule has 5 nitrogen and oxygen atoms in total. The highest BCUT2D eigenvalue weighted by Crippen LogP contribution is 2.19. The first-order chi connectivity index (χ1) is 9.56. The van der Waals surface area contributed by atoms with Crippen LogP contribution in [0.2, 0.25) is 0 Å². The van der Waals surface area contributed by atoms with Crippen LogP contribution in [-0.4, -0.2) is 49.1 Å². The average Bonchev–Trinajstić information content (AvgIpc) is 2.53. The number of carbonyl (C=O) groups excluding carboxylic acids is 2. The summed E-state index contributed by atoms with van der Waals surface area (Å²) in [4.78, 5) is 26.2. The molecule has 0 aromatic carbocycles. The summed E-state index contributed by atoms with van der Waals surface area (Å²) >= 11 is 0. The molecule has 0 saturated carbocycles. The van der Waals surface area contributed by atoms with Gasteiger partial charge in [0.15, 0.2) is 0 Å². The lowest BCUT2D eigenvalue weighted by Crippen LogP contribution is -2.47. The Balaban J connectivity index is 1.98. The van der Waals surface area contributed by atoms with Gasteiger partial charge in [-0.2, -0.15) is 0 Å². The minimum Gasteiger partial charge on any atom is -0.381 e. The number of nitrogens with one attached hydrogen (secondary N) is 1. The van der Waals surface area contributed by atoms with E-state index < -0.39 is 0 Å². The van der Waals surface area contributed by atoms with Gasteiger partial charge in [-0.1, -0.05) is 13.8 Å². The van der Waals surface area contributed by atoms with Crippen LogP contribution in [0.5, 0.6) is 0 Å². The Hall–Kier alpha value is -1.10. The Labute approximate surface area is 121 Å². The van der Waals surface area contributed by atoms with Gasteiger partial charge >= 0.3 is 0 Å². The van der Waals surface area contributed by atoms with Crippen molar-refractivity contribution in [2.45, 2.75) is 45.6 Å². The highest BCUT2D eigenvalue weighted by molar-refractivity contribution is 5.89. The van der Waals surface area contributed by atoms with Crippen LogP contribution in [0.4, 0.5) is 0 Å². The number of nitrogens with zero attached hydrogens (tertiary/aromatic N) is 1. The topological polar surface area (TPSA) is 58.6 Å². The largest absolute Gasteiger partial charge is 0.381 e. The Morgan fingerprint density at radius 1 is 1.30 bits per heavy atom. The van der Waals surface area contributed by atoms with Crippen molar-refractivity contribution in [1.29, 1.82) is 0 Å². The number of carbonyl (C=O) groups is 2. The van der Waals surface area contributed by atoms with Gasteiger partial charge in [-0.15, -0.1) is 0 Å². The van der Waals surface area contributed by atoms with Crippen LogP contribution in [0.15, 0.2) is 0 Å². The van der Waals surface area contributed by atoms with Crippen molar-refractivity contribution in [2.24, 2.45) is 11.8 Å². The predicted octanol–water partition coefficient (Wildman–Crippen LogP) is 1.18. The number of ether oxygens (including phenoxy) is 1. The first-order valence-corrected chi connectivity index (χ1v) is 7.72. The van der Waals surface area contributed by atoms with Gasteiger partial charge in [0, 0.05) is 32.7 Å². The van der Waals surface area contributed by atoms with E-state index in [9.17, 15) is 9.59 Å². The van der Waals surface area contributed by atoms with Crippen molar-refractivity contribution < 1.29 is 14.3 Å². The van der Waals surface area contributed by atoms with Crippen LogP contribution in [-0.2, 0) is 14.3 Å². The van der Waals surface area contributed by atoms with Gasteiger partial charge in [-0.05, 0) is 31.1 Å². The quantitative estimate of drug-likeness (QED) is 0.842. The summed E-state index contributed by atoms with van der Waals surface area (Å²) in [5.74, 6) is 1.00. The summed E-state index contributed by atoms with van der Waals surface area (Å²) < 4.78 is 5.36. The van der Waals surface area contributed by atoms with Gasteiger partial charge in [0.2, 0.25) is 11.8 Å².